The van der Waals surface area contributed by atoms with Crippen LogP contribution in [0.5, 0.6) is 0 Å². The lowest BCUT2D eigenvalue weighted by Crippen LogP contribution is -2.05. The molecule has 0 aromatic carbocycles. The largest absolute Gasteiger partial charge is 0.0786 e. The van der Waals surface area contributed by atoms with Gasteiger partial charge in [0.2, 0.25) is 0 Å². The van der Waals surface area contributed by atoms with Gasteiger partial charge in [-0.15, -0.1) is 0 Å². The second kappa shape index (κ2) is 1.61. The topological polar surface area (TPSA) is 0 Å². The van der Waals surface area contributed by atoms with Crippen LogP contribution in [0.3, 0.4) is 0 Å². The minimum Gasteiger partial charge on any atom is -0.0786 e. The Morgan fingerprint density at radius 3 is 1.86 bits per heavy atom. The van der Waals surface area contributed by atoms with E-state index in [1.165, 1.54) is 12.8 Å². The first-order valence-electron chi connectivity index (χ1n) is 2.84. The second-order valence-corrected chi connectivity index (χ2v) is 4.84. The fourth-order valence-electron chi connectivity index (χ4n) is 0.697. The molecule has 1 aliphatic carbocycles. The molecule has 42 valence electrons. The molecule has 1 rings (SSSR count). The normalized spacial score (nSPS) is 25.7. The molecule has 0 aliphatic heterocycles. The predicted octanol–water partition coefficient (Wildman–Crippen LogP) is 2.61. The van der Waals surface area contributed by atoms with E-state index in [2.05, 4.69) is 36.4 Å². The van der Waals surface area contributed by atoms with Gasteiger partial charge in [-0.3, -0.25) is 0 Å². The number of alkyl halides is 1. The van der Waals surface area contributed by atoms with E-state index in [1.54, 1.807) is 0 Å². The van der Waals surface area contributed by atoms with Gasteiger partial charge >= 0.3 is 0 Å². The van der Waals surface area contributed by atoms with Crippen LogP contribution in [0.15, 0.2) is 0 Å². The lowest BCUT2D eigenvalue weighted by molar-refractivity contribution is 0.624. The smallest absolute Gasteiger partial charge is 0.0246 e. The second-order valence-electron chi connectivity index (χ2n) is 2.69. The van der Waals surface area contributed by atoms with Crippen LogP contribution in [0, 0.1) is 5.92 Å². The molecule has 0 amide bonds. The summed E-state index contributed by atoms with van der Waals surface area (Å²) in [7, 11) is 0. The van der Waals surface area contributed by atoms with E-state index < -0.39 is 0 Å². The monoisotopic (exact) mass is 210 g/mol. The van der Waals surface area contributed by atoms with E-state index in [-0.39, 0.29) is 0 Å². The van der Waals surface area contributed by atoms with E-state index in [1.807, 2.05) is 0 Å². The molecule has 0 nitrogen and oxygen atoms in total. The Balaban J connectivity index is 2.39. The molecule has 0 spiro atoms. The first-order valence-corrected chi connectivity index (χ1v) is 3.92. The van der Waals surface area contributed by atoms with Gasteiger partial charge < -0.3 is 0 Å². The predicted molar refractivity (Wildman–Crippen MR) is 40.8 cm³/mol. The van der Waals surface area contributed by atoms with Crippen molar-refractivity contribution in [1.29, 1.82) is 0 Å². The van der Waals surface area contributed by atoms with E-state index in [4.69, 9.17) is 0 Å². The third kappa shape index (κ3) is 1.09. The van der Waals surface area contributed by atoms with Crippen LogP contribution in [-0.4, -0.2) is 3.42 Å². The number of rotatable bonds is 1. The summed E-state index contributed by atoms with van der Waals surface area (Å²) >= 11 is 2.58. The van der Waals surface area contributed by atoms with Gasteiger partial charge in [0.05, 0.1) is 0 Å². The molecule has 0 aromatic heterocycles. The molecule has 1 aliphatic rings. The summed E-state index contributed by atoms with van der Waals surface area (Å²) in [6.45, 7) is 4.61. The fourth-order valence-corrected chi connectivity index (χ4v) is 0.966. The number of halogens is 1. The van der Waals surface area contributed by atoms with Crippen LogP contribution in [0.25, 0.3) is 0 Å². The highest BCUT2D eigenvalue weighted by Crippen LogP contribution is 2.50. The molecule has 1 saturated carbocycles. The van der Waals surface area contributed by atoms with Gasteiger partial charge in [0.1, 0.15) is 0 Å². The van der Waals surface area contributed by atoms with E-state index >= 15 is 0 Å². The molecule has 1 fully saturated rings. The van der Waals surface area contributed by atoms with Crippen LogP contribution in [0.4, 0.5) is 0 Å². The van der Waals surface area contributed by atoms with Crippen LogP contribution in [0.1, 0.15) is 26.7 Å². The highest BCUT2D eigenvalue weighted by atomic mass is 127. The lowest BCUT2D eigenvalue weighted by atomic mass is 10.1. The van der Waals surface area contributed by atoms with Crippen molar-refractivity contribution in [1.82, 2.24) is 0 Å². The zero-order valence-electron chi connectivity index (χ0n) is 4.87. The highest BCUT2D eigenvalue weighted by molar-refractivity contribution is 14.1. The molecule has 0 aromatic rings. The minimum atomic E-state index is 0.720. The Bertz CT molecular complexity index is 72.2. The molecule has 0 bridgehead atoms. The molecule has 1 heteroatoms. The fraction of sp³-hybridized carbons (Fsp3) is 1.00. The maximum atomic E-state index is 2.58. The zero-order chi connectivity index (χ0) is 5.49. The third-order valence-electron chi connectivity index (χ3n) is 1.76. The summed E-state index contributed by atoms with van der Waals surface area (Å²) in [5.74, 6) is 0.896. The van der Waals surface area contributed by atoms with Crippen molar-refractivity contribution in [3.05, 3.63) is 0 Å². The lowest BCUT2D eigenvalue weighted by Gasteiger charge is -2.08. The van der Waals surface area contributed by atoms with E-state index in [0.717, 1.165) is 9.34 Å². The average molecular weight is 210 g/mol. The molecule has 0 N–H and O–H groups in total. The van der Waals surface area contributed by atoms with Gasteiger partial charge in [0.15, 0.2) is 0 Å². The van der Waals surface area contributed by atoms with Crippen LogP contribution in [0.2, 0.25) is 0 Å². The summed E-state index contributed by atoms with van der Waals surface area (Å²) < 4.78 is 0.720. The standard InChI is InChI=1S/C6H11I/c1-5(2)6(7)3-4-6/h5H,3-4H2,1-2H3. The van der Waals surface area contributed by atoms with Crippen molar-refractivity contribution in [3.63, 3.8) is 0 Å². The van der Waals surface area contributed by atoms with Crippen LogP contribution < -0.4 is 0 Å². The van der Waals surface area contributed by atoms with Crippen LogP contribution >= 0.6 is 22.6 Å². The third-order valence-corrected chi connectivity index (χ3v) is 4.09. The van der Waals surface area contributed by atoms with E-state index in [0.29, 0.717) is 0 Å². The van der Waals surface area contributed by atoms with Gasteiger partial charge in [0.25, 0.3) is 0 Å². The molecular formula is C6H11I. The molecule has 0 saturated heterocycles. The molecule has 7 heavy (non-hydrogen) atoms. The zero-order valence-corrected chi connectivity index (χ0v) is 7.03. The Labute approximate surface area is 58.8 Å². The average Bonchev–Trinajstić information content (AvgIpc) is 2.21. The van der Waals surface area contributed by atoms with Crippen molar-refractivity contribution in [2.75, 3.05) is 0 Å². The molecule has 0 radical (unpaired) electrons. The number of hydrogen-bond donors (Lipinski definition) is 0. The van der Waals surface area contributed by atoms with Gasteiger partial charge in [-0.25, -0.2) is 0 Å². The minimum absolute atomic E-state index is 0.720. The Hall–Kier alpha value is 0.730. The Morgan fingerprint density at radius 2 is 1.86 bits per heavy atom. The van der Waals surface area contributed by atoms with Crippen molar-refractivity contribution in [3.8, 4) is 0 Å². The van der Waals surface area contributed by atoms with Crippen molar-refractivity contribution < 1.29 is 0 Å². The van der Waals surface area contributed by atoms with Gasteiger partial charge in [-0.1, -0.05) is 36.4 Å². The number of hydrogen-bond acceptors (Lipinski definition) is 0. The summed E-state index contributed by atoms with van der Waals surface area (Å²) in [4.78, 5) is 0. The highest BCUT2D eigenvalue weighted by Gasteiger charge is 2.42. The summed E-state index contributed by atoms with van der Waals surface area (Å²) in [5.41, 5.74) is 0. The summed E-state index contributed by atoms with van der Waals surface area (Å²) in [5, 5.41) is 0. The molecule has 0 unspecified atom stereocenters. The van der Waals surface area contributed by atoms with Crippen molar-refractivity contribution in [2.45, 2.75) is 30.1 Å². The first-order chi connectivity index (χ1) is 3.15. The SMILES string of the molecule is CC(C)C1(I)CC1. The molecular weight excluding hydrogens is 199 g/mol. The maximum absolute atomic E-state index is 2.58. The maximum Gasteiger partial charge on any atom is 0.0246 e. The Morgan fingerprint density at radius 1 is 1.43 bits per heavy atom. The summed E-state index contributed by atoms with van der Waals surface area (Å²) in [6.07, 6.45) is 2.90. The Kier molecular flexibility index (Phi) is 1.34. The molecule has 0 heterocycles. The van der Waals surface area contributed by atoms with Gasteiger partial charge in [-0.05, 0) is 18.8 Å². The van der Waals surface area contributed by atoms with Gasteiger partial charge in [0, 0.05) is 3.42 Å². The first kappa shape index (κ1) is 5.86. The van der Waals surface area contributed by atoms with Gasteiger partial charge in [-0.2, -0.15) is 0 Å². The molecule has 0 atom stereocenters. The van der Waals surface area contributed by atoms with Crippen LogP contribution in [-0.2, 0) is 0 Å². The van der Waals surface area contributed by atoms with Crippen molar-refractivity contribution in [2.24, 2.45) is 5.92 Å². The summed E-state index contributed by atoms with van der Waals surface area (Å²) in [6, 6.07) is 0. The van der Waals surface area contributed by atoms with E-state index in [9.17, 15) is 0 Å². The quantitative estimate of drug-likeness (QED) is 0.461. The van der Waals surface area contributed by atoms with Crippen molar-refractivity contribution >= 4 is 22.6 Å².